The van der Waals surface area contributed by atoms with Crippen LogP contribution in [0.5, 0.6) is 0 Å². The molecule has 13 fully saturated rings. The van der Waals surface area contributed by atoms with Gasteiger partial charge in [-0.05, 0) is 117 Å². The monoisotopic (exact) mass is 1630 g/mol. The molecule has 13 rings (SSSR count). The van der Waals surface area contributed by atoms with Gasteiger partial charge in [-0.15, -0.1) is 19.7 Å². The van der Waals surface area contributed by atoms with Crippen LogP contribution in [0.15, 0.2) is 38.0 Å². The molecule has 0 aromatic carbocycles. The average molecular weight is 1630 g/mol. The maximum atomic E-state index is 13.7. The minimum atomic E-state index is -0.778. The molecule has 9 saturated carbocycles. The molecule has 4 aliphatic heterocycles. The van der Waals surface area contributed by atoms with Crippen LogP contribution in [0.25, 0.3) is 0 Å². The SMILES string of the molecule is C.C.C.C=C[C@@]1(C)CC(=O)[C@@]2(C)C3C4(CC[C@]3(CC[C@H]2C)[C@@H](C)C1=O)OCCO4.C=C[C@@]1(C)CC(=O)[C@@]2(C)C3C4(CC[C@]3(CC[C@H]2C)[C@@H](C)[C@@H]1O)OCCO4.C=C[C@@]1(C)CC(=O)[C@@]2(C)C3C4(CC[C@]3(CC[C@H]2C)[C@@H](C)[C@@H]1O)OCCO4.OC1CCCO1.[I][Sm][I]. The Bertz CT molecular complexity index is 2490. The van der Waals surface area contributed by atoms with Gasteiger partial charge in [-0.3, -0.25) is 19.2 Å². The average Bonchev–Trinajstić information content (AvgIpc) is 1.35. The van der Waals surface area contributed by atoms with Crippen molar-refractivity contribution in [2.45, 2.75) is 250 Å². The molecule has 6 bridgehead atoms. The molecule has 21 atom stereocenters. The molecular formula is C73H120I2O14Sm. The molecule has 9 aliphatic carbocycles. The predicted molar refractivity (Wildman–Crippen MR) is 367 cm³/mol. The number of carbonyl (C=O) groups is 4. The number of ketones is 4. The van der Waals surface area contributed by atoms with E-state index < -0.39 is 68.3 Å². The summed E-state index contributed by atoms with van der Waals surface area (Å²) in [6, 6.07) is 0. The topological polar surface area (TPSA) is 194 Å². The van der Waals surface area contributed by atoms with Gasteiger partial charge < -0.3 is 48.5 Å². The standard InChI is InChI=1S/2C22H34O4.C22H32O4.C4H8O2.3CH4.2HI.Sm/c3*1-6-19(4)13-16(23)20(5)14(2)7-8-21(15(3)17(19)24)9-10-22(18(20)21)25-11-12-26-22;5-4-2-1-3-6-4;;;;;;/h2*6,14-15,17-18,24H,1,7-13H2,2-5H3;6,14-15,18H,1,7-13H2,2-5H3;4-5H,1-3H2;3*1H4;2*1H;/q;;;;;;;;;+2/p-2/t2*14-,15+,17+,18?,19+,20+,21-;14-,15+,18?,19+,20+,21-;;;;;;;/m111......./s1. The zero-order valence-electron chi connectivity index (χ0n) is 54.7. The summed E-state index contributed by atoms with van der Waals surface area (Å²) in [6.07, 6.45) is 17.8. The van der Waals surface area contributed by atoms with Crippen molar-refractivity contribution in [1.29, 1.82) is 0 Å². The summed E-state index contributed by atoms with van der Waals surface area (Å²) in [4.78, 5) is 54.7. The summed E-state index contributed by atoms with van der Waals surface area (Å²) in [7, 11) is 0. The van der Waals surface area contributed by atoms with Gasteiger partial charge in [0.15, 0.2) is 23.7 Å². The zero-order chi connectivity index (χ0) is 64.0. The number of hydrogen-bond acceptors (Lipinski definition) is 14. The maximum absolute atomic E-state index is 13.7. The summed E-state index contributed by atoms with van der Waals surface area (Å²) in [5, 5.41) is 31.2. The fourth-order valence-corrected chi connectivity index (χ4v) is 21.9. The van der Waals surface area contributed by atoms with Crippen LogP contribution in [0.2, 0.25) is 0 Å². The van der Waals surface area contributed by atoms with Crippen molar-refractivity contribution in [2.75, 3.05) is 46.2 Å². The molecular weight excluding hydrogens is 1500 g/mol. The van der Waals surface area contributed by atoms with Gasteiger partial charge in [0.05, 0.1) is 57.3 Å². The molecule has 3 N–H and O–H groups in total. The van der Waals surface area contributed by atoms with Crippen molar-refractivity contribution in [1.82, 2.24) is 0 Å². The molecule has 90 heavy (non-hydrogen) atoms. The first kappa shape index (κ1) is 79.3. The first-order valence-electron chi connectivity index (χ1n) is 33.2. The van der Waals surface area contributed by atoms with Gasteiger partial charge in [0.1, 0.15) is 23.1 Å². The third-order valence-corrected chi connectivity index (χ3v) is 27.8. The van der Waals surface area contributed by atoms with Crippen molar-refractivity contribution in [3.63, 3.8) is 0 Å². The number of aliphatic hydroxyl groups is 3. The minimum absolute atomic E-state index is 0. The van der Waals surface area contributed by atoms with E-state index in [0.29, 0.717) is 52.5 Å². The fraction of sp³-hybridized carbons (Fsp3) is 0.863. The van der Waals surface area contributed by atoms with Crippen LogP contribution in [0.1, 0.15) is 215 Å². The van der Waals surface area contributed by atoms with E-state index in [0.717, 1.165) is 96.5 Å². The van der Waals surface area contributed by atoms with Crippen LogP contribution in [-0.2, 0) is 52.3 Å². The predicted octanol–water partition coefficient (Wildman–Crippen LogP) is 15.2. The third-order valence-electron chi connectivity index (χ3n) is 27.8. The number of Topliss-reactive ketones (excluding diaryl/α,β-unsaturated/α-hetero) is 4. The van der Waals surface area contributed by atoms with Gasteiger partial charge in [-0.2, -0.15) is 0 Å². The Morgan fingerprint density at radius 3 is 1.06 bits per heavy atom. The van der Waals surface area contributed by atoms with Crippen molar-refractivity contribution in [2.24, 2.45) is 102 Å². The van der Waals surface area contributed by atoms with Crippen LogP contribution in [0, 0.1) is 127 Å². The van der Waals surface area contributed by atoms with Gasteiger partial charge in [0, 0.05) is 102 Å². The van der Waals surface area contributed by atoms with Crippen molar-refractivity contribution < 1.29 is 93.1 Å². The van der Waals surface area contributed by atoms with Gasteiger partial charge in [-0.1, -0.05) is 117 Å². The number of hydrogen-bond donors (Lipinski definition) is 3. The molecule has 4 unspecified atom stereocenters. The van der Waals surface area contributed by atoms with Crippen LogP contribution in [0.3, 0.4) is 0 Å². The van der Waals surface area contributed by atoms with E-state index in [1.807, 2.05) is 20.8 Å². The fourth-order valence-electron chi connectivity index (χ4n) is 21.9. The molecule has 0 amide bonds. The van der Waals surface area contributed by atoms with Crippen LogP contribution in [0.4, 0.5) is 0 Å². The Hall–Kier alpha value is 0.298. The number of halogens is 2. The first-order chi connectivity index (χ1) is 40.8. The van der Waals surface area contributed by atoms with Gasteiger partial charge >= 0.3 is 54.0 Å². The van der Waals surface area contributed by atoms with Crippen molar-refractivity contribution in [3.8, 4) is 0 Å². The Labute approximate surface area is 575 Å². The van der Waals surface area contributed by atoms with Crippen molar-refractivity contribution >= 4 is 51.7 Å². The van der Waals surface area contributed by atoms with E-state index in [-0.39, 0.29) is 147 Å². The number of carbonyl (C=O) groups excluding carboxylic acids is 4. The van der Waals surface area contributed by atoms with Gasteiger partial charge in [0.25, 0.3) is 0 Å². The van der Waals surface area contributed by atoms with Gasteiger partial charge in [0.2, 0.25) is 0 Å². The Morgan fingerprint density at radius 1 is 0.456 bits per heavy atom. The summed E-state index contributed by atoms with van der Waals surface area (Å²) in [5.41, 5.74) is -3.91. The first-order valence-corrected chi connectivity index (χ1v) is 48.3. The molecule has 0 aromatic rings. The molecule has 13 aliphatic rings. The summed E-state index contributed by atoms with van der Waals surface area (Å²) < 4.78 is 42.1. The van der Waals surface area contributed by atoms with E-state index in [4.69, 9.17) is 38.3 Å². The summed E-state index contributed by atoms with van der Waals surface area (Å²) >= 11 is 5.07. The molecule has 0 radical (unpaired) electrons. The van der Waals surface area contributed by atoms with Crippen LogP contribution < -0.4 is 0 Å². The van der Waals surface area contributed by atoms with E-state index in [1.165, 1.54) is 0 Å². The molecule has 17 heteroatoms. The third kappa shape index (κ3) is 12.2. The molecule has 0 aromatic heterocycles. The number of rotatable bonds is 3. The summed E-state index contributed by atoms with van der Waals surface area (Å²) in [6.45, 7) is 41.6. The molecule has 4 heterocycles. The summed E-state index contributed by atoms with van der Waals surface area (Å²) in [5.74, 6) is -0.312. The van der Waals surface area contributed by atoms with Crippen LogP contribution >= 0.6 is 28.6 Å². The zero-order valence-corrected chi connectivity index (χ0v) is 61.7. The Balaban J connectivity index is 0.000000197. The van der Waals surface area contributed by atoms with E-state index >= 15 is 0 Å². The molecule has 4 saturated heterocycles. The molecule has 516 valence electrons. The normalized spacial score (nSPS) is 47.8. The quantitative estimate of drug-likeness (QED) is 0.178. The Morgan fingerprint density at radius 2 is 0.767 bits per heavy atom. The van der Waals surface area contributed by atoms with E-state index in [9.17, 15) is 29.4 Å². The van der Waals surface area contributed by atoms with Crippen molar-refractivity contribution in [3.05, 3.63) is 38.0 Å². The van der Waals surface area contributed by atoms with Crippen LogP contribution in [-0.4, -0.2) is 121 Å². The Kier molecular flexibility index (Phi) is 25.4. The molecule has 3 spiro atoms. The second kappa shape index (κ2) is 28.9. The van der Waals surface area contributed by atoms with Gasteiger partial charge in [-0.25, -0.2) is 0 Å². The number of allylic oxidation sites excluding steroid dienone is 1. The van der Waals surface area contributed by atoms with E-state index in [2.05, 4.69) is 111 Å². The van der Waals surface area contributed by atoms with E-state index in [1.54, 1.807) is 18.2 Å². The second-order valence-corrected chi connectivity index (χ2v) is 50.5. The number of aliphatic hydroxyl groups excluding tert-OH is 3. The number of ether oxygens (including phenoxy) is 7. The second-order valence-electron chi connectivity index (χ2n) is 31.1. The molecule has 14 nitrogen and oxygen atoms in total.